The van der Waals surface area contributed by atoms with E-state index in [1.807, 2.05) is 6.92 Å². The van der Waals surface area contributed by atoms with Crippen LogP contribution in [0.2, 0.25) is 0 Å². The molecule has 0 radical (unpaired) electrons. The average Bonchev–Trinajstić information content (AvgIpc) is 2.91. The van der Waals surface area contributed by atoms with Gasteiger partial charge in [-0.1, -0.05) is 13.3 Å². The molecule has 0 aliphatic rings. The summed E-state index contributed by atoms with van der Waals surface area (Å²) in [5, 5.41) is 0. The van der Waals surface area contributed by atoms with Gasteiger partial charge < -0.3 is 9.30 Å². The first kappa shape index (κ1) is 17.8. The quantitative estimate of drug-likeness (QED) is 0.726. The van der Waals surface area contributed by atoms with Crippen LogP contribution in [-0.4, -0.2) is 19.1 Å². The van der Waals surface area contributed by atoms with Crippen LogP contribution in [-0.2, 0) is 20.2 Å². The first-order valence-corrected chi connectivity index (χ1v) is 8.18. The van der Waals surface area contributed by atoms with E-state index in [0.29, 0.717) is 12.4 Å². The number of aryl methyl sites for hydroxylation is 2. The molecule has 138 valence electrons. The van der Waals surface area contributed by atoms with Gasteiger partial charge in [0.15, 0.2) is 22.7 Å². The molecule has 0 amide bonds. The van der Waals surface area contributed by atoms with Crippen molar-refractivity contribution in [2.75, 3.05) is 0 Å². The molecular weight excluding hydrogens is 346 g/mol. The molecule has 3 rings (SSSR count). The van der Waals surface area contributed by atoms with Crippen LogP contribution >= 0.6 is 0 Å². The standard InChI is InChI=1S/C17H18F2N4O3/c1-3-4-7-23-15-14(16(24)21-17(23)25)22(2)13(20-15)9-26-12-6-5-10(18)8-11(12)19/h5-6,8H,3-4,7,9H2,1-2H3,(H,21,24,25). The minimum Gasteiger partial charge on any atom is -0.483 e. The molecule has 0 saturated heterocycles. The van der Waals surface area contributed by atoms with Gasteiger partial charge in [0.05, 0.1) is 0 Å². The van der Waals surface area contributed by atoms with Crippen molar-refractivity contribution < 1.29 is 13.5 Å². The molecule has 0 atom stereocenters. The predicted molar refractivity (Wildman–Crippen MR) is 91.2 cm³/mol. The van der Waals surface area contributed by atoms with Gasteiger partial charge in [0, 0.05) is 19.7 Å². The highest BCUT2D eigenvalue weighted by Gasteiger charge is 2.17. The molecule has 2 heterocycles. The van der Waals surface area contributed by atoms with E-state index in [0.717, 1.165) is 25.0 Å². The summed E-state index contributed by atoms with van der Waals surface area (Å²) in [6.45, 7) is 2.27. The van der Waals surface area contributed by atoms with Crippen LogP contribution < -0.4 is 16.0 Å². The fraction of sp³-hybridized carbons (Fsp3) is 0.353. The Hall–Kier alpha value is -2.97. The average molecular weight is 364 g/mol. The van der Waals surface area contributed by atoms with Gasteiger partial charge in [0.1, 0.15) is 18.2 Å². The summed E-state index contributed by atoms with van der Waals surface area (Å²) >= 11 is 0. The fourth-order valence-electron chi connectivity index (χ4n) is 2.68. The van der Waals surface area contributed by atoms with Gasteiger partial charge in [-0.05, 0) is 18.6 Å². The maximum atomic E-state index is 13.7. The van der Waals surface area contributed by atoms with Crippen molar-refractivity contribution in [1.82, 2.24) is 19.1 Å². The van der Waals surface area contributed by atoms with Crippen LogP contribution in [0.25, 0.3) is 11.2 Å². The van der Waals surface area contributed by atoms with Crippen molar-refractivity contribution in [3.05, 3.63) is 56.5 Å². The van der Waals surface area contributed by atoms with E-state index in [2.05, 4.69) is 9.97 Å². The number of H-pyrrole nitrogens is 1. The Morgan fingerprint density at radius 1 is 1.27 bits per heavy atom. The van der Waals surface area contributed by atoms with Gasteiger partial charge in [-0.15, -0.1) is 0 Å². The van der Waals surface area contributed by atoms with E-state index in [9.17, 15) is 18.4 Å². The Bertz CT molecular complexity index is 1070. The number of ether oxygens (including phenoxy) is 1. The Labute approximate surface area is 146 Å². The SMILES string of the molecule is CCCCn1c(=O)[nH]c(=O)c2c1nc(COc1ccc(F)cc1F)n2C. The zero-order chi connectivity index (χ0) is 18.8. The minimum atomic E-state index is -0.832. The number of aromatic amines is 1. The summed E-state index contributed by atoms with van der Waals surface area (Å²) in [5.41, 5.74) is -0.579. The summed E-state index contributed by atoms with van der Waals surface area (Å²) in [6, 6.07) is 2.98. The normalized spacial score (nSPS) is 11.2. The second-order valence-corrected chi connectivity index (χ2v) is 5.89. The first-order chi connectivity index (χ1) is 12.4. The number of nitrogens with zero attached hydrogens (tertiary/aromatic N) is 3. The van der Waals surface area contributed by atoms with Crippen molar-refractivity contribution >= 4 is 11.2 Å². The number of halogens is 2. The number of hydrogen-bond donors (Lipinski definition) is 1. The molecule has 9 heteroatoms. The topological polar surface area (TPSA) is 81.9 Å². The fourth-order valence-corrected chi connectivity index (χ4v) is 2.68. The number of aromatic nitrogens is 4. The molecule has 3 aromatic rings. The van der Waals surface area contributed by atoms with Gasteiger partial charge in [0.2, 0.25) is 0 Å². The number of rotatable bonds is 6. The second kappa shape index (κ2) is 7.11. The van der Waals surface area contributed by atoms with Crippen LogP contribution in [0.15, 0.2) is 27.8 Å². The van der Waals surface area contributed by atoms with Crippen LogP contribution in [0.5, 0.6) is 5.75 Å². The summed E-state index contributed by atoms with van der Waals surface area (Å²) in [4.78, 5) is 30.8. The van der Waals surface area contributed by atoms with Crippen LogP contribution in [0.3, 0.4) is 0 Å². The highest BCUT2D eigenvalue weighted by Crippen LogP contribution is 2.19. The van der Waals surface area contributed by atoms with Gasteiger partial charge in [0.25, 0.3) is 5.56 Å². The molecule has 1 N–H and O–H groups in total. The van der Waals surface area contributed by atoms with Crippen molar-refractivity contribution in [3.63, 3.8) is 0 Å². The number of nitrogens with one attached hydrogen (secondary N) is 1. The second-order valence-electron chi connectivity index (χ2n) is 5.89. The molecule has 2 aromatic heterocycles. The lowest BCUT2D eigenvalue weighted by molar-refractivity contribution is 0.277. The molecule has 7 nitrogen and oxygen atoms in total. The van der Waals surface area contributed by atoms with E-state index in [1.54, 1.807) is 7.05 Å². The third-order valence-corrected chi connectivity index (χ3v) is 4.09. The highest BCUT2D eigenvalue weighted by atomic mass is 19.1. The third-order valence-electron chi connectivity index (χ3n) is 4.09. The summed E-state index contributed by atoms with van der Waals surface area (Å²) in [6.07, 6.45) is 1.63. The smallest absolute Gasteiger partial charge is 0.330 e. The lowest BCUT2D eigenvalue weighted by atomic mass is 10.3. The van der Waals surface area contributed by atoms with Gasteiger partial charge in [-0.3, -0.25) is 14.3 Å². The maximum Gasteiger partial charge on any atom is 0.330 e. The van der Waals surface area contributed by atoms with Crippen LogP contribution in [0.4, 0.5) is 8.78 Å². The maximum absolute atomic E-state index is 13.7. The van der Waals surface area contributed by atoms with E-state index < -0.39 is 22.9 Å². The Morgan fingerprint density at radius 3 is 2.73 bits per heavy atom. The lowest BCUT2D eigenvalue weighted by Gasteiger charge is -2.07. The predicted octanol–water partition coefficient (Wildman–Crippen LogP) is 2.08. The molecule has 0 aliphatic carbocycles. The highest BCUT2D eigenvalue weighted by molar-refractivity contribution is 5.70. The van der Waals surface area contributed by atoms with Crippen LogP contribution in [0, 0.1) is 11.6 Å². The van der Waals surface area contributed by atoms with Crippen molar-refractivity contribution in [2.24, 2.45) is 7.05 Å². The van der Waals surface area contributed by atoms with E-state index in [-0.39, 0.29) is 23.5 Å². The molecule has 0 saturated carbocycles. The molecule has 0 aliphatic heterocycles. The monoisotopic (exact) mass is 364 g/mol. The van der Waals surface area contributed by atoms with E-state index in [4.69, 9.17) is 4.74 Å². The number of fused-ring (bicyclic) bond motifs is 1. The van der Waals surface area contributed by atoms with Crippen molar-refractivity contribution in [2.45, 2.75) is 32.9 Å². The molecule has 0 unspecified atom stereocenters. The molecule has 0 bridgehead atoms. The molecule has 26 heavy (non-hydrogen) atoms. The van der Waals surface area contributed by atoms with Gasteiger partial charge >= 0.3 is 5.69 Å². The third kappa shape index (κ3) is 3.24. The summed E-state index contributed by atoms with van der Waals surface area (Å²) in [5.74, 6) is -1.33. The first-order valence-electron chi connectivity index (χ1n) is 8.18. The van der Waals surface area contributed by atoms with E-state index >= 15 is 0 Å². The number of unbranched alkanes of at least 4 members (excludes halogenated alkanes) is 1. The minimum absolute atomic E-state index is 0.129. The van der Waals surface area contributed by atoms with E-state index in [1.165, 1.54) is 15.2 Å². The molecule has 1 aromatic carbocycles. The Kier molecular flexibility index (Phi) is 4.88. The zero-order valence-electron chi connectivity index (χ0n) is 14.4. The molecule has 0 spiro atoms. The number of benzene rings is 1. The number of hydrogen-bond acceptors (Lipinski definition) is 4. The van der Waals surface area contributed by atoms with Gasteiger partial charge in [-0.25, -0.2) is 18.6 Å². The summed E-state index contributed by atoms with van der Waals surface area (Å²) < 4.78 is 34.9. The Balaban J connectivity index is 1.99. The largest absolute Gasteiger partial charge is 0.483 e. The van der Waals surface area contributed by atoms with Gasteiger partial charge in [-0.2, -0.15) is 0 Å². The molecule has 0 fully saturated rings. The molecular formula is C17H18F2N4O3. The number of imidazole rings is 1. The van der Waals surface area contributed by atoms with Crippen molar-refractivity contribution in [1.29, 1.82) is 0 Å². The van der Waals surface area contributed by atoms with Crippen molar-refractivity contribution in [3.8, 4) is 5.75 Å². The lowest BCUT2D eigenvalue weighted by Crippen LogP contribution is -2.31. The van der Waals surface area contributed by atoms with Crippen LogP contribution in [0.1, 0.15) is 25.6 Å². The zero-order valence-corrected chi connectivity index (χ0v) is 14.4. The summed E-state index contributed by atoms with van der Waals surface area (Å²) in [7, 11) is 1.61. The Morgan fingerprint density at radius 2 is 2.04 bits per heavy atom.